The van der Waals surface area contributed by atoms with Crippen molar-refractivity contribution in [3.8, 4) is 17.2 Å². The summed E-state index contributed by atoms with van der Waals surface area (Å²) < 4.78 is 12.5. The number of nitrogens with one attached hydrogen (secondary N) is 2. The van der Waals surface area contributed by atoms with Crippen molar-refractivity contribution in [2.24, 2.45) is 0 Å². The SMILES string of the molecule is COc1cccc(CN(CCN2CC(=O)N[C@H](Cc3cn(-c4cccnc4)nn3)C(=O)NCc3ccccc3CC2=O)Cc2cccc(OC)c2)c1. The number of fused-ring (bicyclic) bond motifs is 1. The average molecular weight is 703 g/mol. The molecule has 0 spiro atoms. The average Bonchev–Trinajstić information content (AvgIpc) is 3.64. The van der Waals surface area contributed by atoms with Crippen LogP contribution in [0.4, 0.5) is 0 Å². The van der Waals surface area contributed by atoms with Gasteiger partial charge in [-0.2, -0.15) is 0 Å². The molecule has 0 aliphatic carbocycles. The van der Waals surface area contributed by atoms with Gasteiger partial charge in [-0.05, 0) is 58.7 Å². The van der Waals surface area contributed by atoms with E-state index in [-0.39, 0.29) is 44.3 Å². The molecule has 5 aromatic rings. The Morgan fingerprint density at radius 3 is 2.25 bits per heavy atom. The number of ether oxygens (including phenoxy) is 2. The van der Waals surface area contributed by atoms with Crippen molar-refractivity contribution >= 4 is 17.7 Å². The lowest BCUT2D eigenvalue weighted by molar-refractivity contribution is -0.137. The van der Waals surface area contributed by atoms with Crippen molar-refractivity contribution in [3.63, 3.8) is 0 Å². The van der Waals surface area contributed by atoms with E-state index in [1.165, 1.54) is 0 Å². The van der Waals surface area contributed by atoms with Gasteiger partial charge in [0, 0.05) is 45.3 Å². The second-order valence-corrected chi connectivity index (χ2v) is 12.6. The lowest BCUT2D eigenvalue weighted by Gasteiger charge is -2.29. The highest BCUT2D eigenvalue weighted by Gasteiger charge is 2.27. The molecule has 3 aromatic carbocycles. The molecule has 2 aromatic heterocycles. The Morgan fingerprint density at radius 2 is 1.58 bits per heavy atom. The minimum atomic E-state index is -0.951. The maximum absolute atomic E-state index is 14.0. The minimum Gasteiger partial charge on any atom is -0.497 e. The van der Waals surface area contributed by atoms with Crippen molar-refractivity contribution < 1.29 is 23.9 Å². The van der Waals surface area contributed by atoms with Gasteiger partial charge >= 0.3 is 0 Å². The van der Waals surface area contributed by atoms with Crippen LogP contribution < -0.4 is 20.1 Å². The number of carbonyl (C=O) groups excluding carboxylic acids is 3. The lowest BCUT2D eigenvalue weighted by atomic mass is 10.0. The Morgan fingerprint density at radius 1 is 0.865 bits per heavy atom. The lowest BCUT2D eigenvalue weighted by Crippen LogP contribution is -2.52. The van der Waals surface area contributed by atoms with Gasteiger partial charge in [0.15, 0.2) is 0 Å². The van der Waals surface area contributed by atoms with Gasteiger partial charge in [-0.3, -0.25) is 24.3 Å². The van der Waals surface area contributed by atoms with E-state index in [1.807, 2.05) is 78.9 Å². The van der Waals surface area contributed by atoms with Gasteiger partial charge in [0.2, 0.25) is 17.7 Å². The highest BCUT2D eigenvalue weighted by molar-refractivity contribution is 5.91. The van der Waals surface area contributed by atoms with Crippen molar-refractivity contribution in [2.75, 3.05) is 33.9 Å². The zero-order valence-electron chi connectivity index (χ0n) is 29.3. The number of hydrogen-bond acceptors (Lipinski definition) is 9. The summed E-state index contributed by atoms with van der Waals surface area (Å²) >= 11 is 0. The quantitative estimate of drug-likeness (QED) is 0.201. The summed E-state index contributed by atoms with van der Waals surface area (Å²) in [5.41, 5.74) is 4.93. The fourth-order valence-electron chi connectivity index (χ4n) is 6.15. The number of pyridine rings is 1. The molecule has 0 unspecified atom stereocenters. The monoisotopic (exact) mass is 702 g/mol. The molecule has 268 valence electrons. The first-order valence-electron chi connectivity index (χ1n) is 17.1. The molecule has 3 heterocycles. The molecule has 2 N–H and O–H groups in total. The van der Waals surface area contributed by atoms with Gasteiger partial charge in [-0.15, -0.1) is 5.10 Å². The molecule has 0 radical (unpaired) electrons. The number of nitrogens with zero attached hydrogens (tertiary/aromatic N) is 6. The summed E-state index contributed by atoms with van der Waals surface area (Å²) in [5.74, 6) is 0.513. The number of methoxy groups -OCH3 is 2. The molecule has 6 rings (SSSR count). The van der Waals surface area contributed by atoms with E-state index < -0.39 is 11.9 Å². The molecule has 13 heteroatoms. The molecular weight excluding hydrogens is 660 g/mol. The Bertz CT molecular complexity index is 1930. The Labute approximate surface area is 302 Å². The van der Waals surface area contributed by atoms with Gasteiger partial charge in [-0.25, -0.2) is 4.68 Å². The predicted molar refractivity (Wildman–Crippen MR) is 193 cm³/mol. The third-order valence-corrected chi connectivity index (χ3v) is 8.88. The normalized spacial score (nSPS) is 15.2. The van der Waals surface area contributed by atoms with E-state index in [2.05, 4.69) is 30.8 Å². The number of rotatable bonds is 12. The number of amides is 3. The smallest absolute Gasteiger partial charge is 0.243 e. The molecule has 0 fully saturated rings. The number of benzene rings is 3. The third kappa shape index (κ3) is 9.58. The number of aromatic nitrogens is 4. The number of carbonyl (C=O) groups is 3. The van der Waals surface area contributed by atoms with Gasteiger partial charge in [-0.1, -0.05) is 53.7 Å². The van der Waals surface area contributed by atoms with Crippen LogP contribution in [0.2, 0.25) is 0 Å². The van der Waals surface area contributed by atoms with Crippen molar-refractivity contribution in [1.29, 1.82) is 0 Å². The summed E-state index contributed by atoms with van der Waals surface area (Å²) in [6.07, 6.45) is 5.21. The van der Waals surface area contributed by atoms with Gasteiger partial charge in [0.25, 0.3) is 0 Å². The van der Waals surface area contributed by atoms with Crippen LogP contribution in [0.5, 0.6) is 11.5 Å². The largest absolute Gasteiger partial charge is 0.497 e. The molecular formula is C39H42N8O5. The topological polar surface area (TPSA) is 144 Å². The highest BCUT2D eigenvalue weighted by atomic mass is 16.5. The minimum absolute atomic E-state index is 0.0893. The predicted octanol–water partition coefficient (Wildman–Crippen LogP) is 3.11. The highest BCUT2D eigenvalue weighted by Crippen LogP contribution is 2.19. The van der Waals surface area contributed by atoms with Crippen LogP contribution in [0, 0.1) is 0 Å². The van der Waals surface area contributed by atoms with E-state index in [4.69, 9.17) is 9.47 Å². The molecule has 1 aliphatic rings. The maximum atomic E-state index is 14.0. The van der Waals surface area contributed by atoms with Gasteiger partial charge < -0.3 is 25.0 Å². The fraction of sp³-hybridized carbons (Fsp3) is 0.282. The fourth-order valence-corrected chi connectivity index (χ4v) is 6.15. The van der Waals surface area contributed by atoms with Gasteiger partial charge in [0.1, 0.15) is 17.5 Å². The number of hydrogen-bond donors (Lipinski definition) is 2. The summed E-state index contributed by atoms with van der Waals surface area (Å²) in [6, 6.07) is 26.0. The first kappa shape index (κ1) is 35.7. The molecule has 52 heavy (non-hydrogen) atoms. The second-order valence-electron chi connectivity index (χ2n) is 12.6. The van der Waals surface area contributed by atoms with Crippen LogP contribution >= 0.6 is 0 Å². The molecule has 0 saturated heterocycles. The first-order chi connectivity index (χ1) is 25.4. The summed E-state index contributed by atoms with van der Waals surface area (Å²) in [6.45, 7) is 1.88. The molecule has 1 aliphatic heterocycles. The summed E-state index contributed by atoms with van der Waals surface area (Å²) in [4.78, 5) is 49.1. The molecule has 3 amide bonds. The van der Waals surface area contributed by atoms with Crippen molar-refractivity contribution in [2.45, 2.75) is 38.5 Å². The Balaban J connectivity index is 1.23. The van der Waals surface area contributed by atoms with Crippen molar-refractivity contribution in [3.05, 3.63) is 131 Å². The van der Waals surface area contributed by atoms with E-state index in [1.54, 1.807) is 48.5 Å². The van der Waals surface area contributed by atoms with Crippen LogP contribution in [0.1, 0.15) is 27.9 Å². The Hall–Kier alpha value is -6.08. The van der Waals surface area contributed by atoms with E-state index in [9.17, 15) is 14.4 Å². The summed E-state index contributed by atoms with van der Waals surface area (Å²) in [7, 11) is 3.28. The molecule has 1 atom stereocenters. The van der Waals surface area contributed by atoms with E-state index in [0.717, 1.165) is 33.8 Å². The Kier molecular flexibility index (Phi) is 11.8. The zero-order chi connectivity index (χ0) is 36.3. The molecule has 0 bridgehead atoms. The second kappa shape index (κ2) is 17.2. The van der Waals surface area contributed by atoms with Crippen LogP contribution in [-0.4, -0.2) is 87.4 Å². The van der Waals surface area contributed by atoms with Crippen LogP contribution in [0.3, 0.4) is 0 Å². The molecule has 13 nitrogen and oxygen atoms in total. The first-order valence-corrected chi connectivity index (χ1v) is 17.1. The van der Waals surface area contributed by atoms with E-state index in [0.29, 0.717) is 31.0 Å². The van der Waals surface area contributed by atoms with Crippen LogP contribution in [-0.2, 0) is 46.9 Å². The maximum Gasteiger partial charge on any atom is 0.243 e. The van der Waals surface area contributed by atoms with Crippen LogP contribution in [0.25, 0.3) is 5.69 Å². The summed E-state index contributed by atoms with van der Waals surface area (Å²) in [5, 5.41) is 14.2. The van der Waals surface area contributed by atoms with Crippen LogP contribution in [0.15, 0.2) is 104 Å². The standard InChI is InChI=1S/C39H42N8O5/c1-51-34-13-5-8-28(18-34)24-45(25-29-9-6-14-35(19-29)52-2)16-17-46-27-37(48)42-36(21-32-26-47(44-43-32)33-12-7-15-40-23-33)39(50)41-22-31-11-4-3-10-30(31)20-38(46)49/h3-15,18-19,23,26,36H,16-17,20-22,24-25,27H2,1-2H3,(H,41,50)(H,42,48)/t36-/m1/s1. The zero-order valence-corrected chi connectivity index (χ0v) is 29.3. The van der Waals surface area contributed by atoms with E-state index >= 15 is 0 Å². The van der Waals surface area contributed by atoms with Gasteiger partial charge in [0.05, 0.1) is 51.0 Å². The third-order valence-electron chi connectivity index (χ3n) is 8.88. The molecule has 0 saturated carbocycles. The van der Waals surface area contributed by atoms with Crippen molar-refractivity contribution in [1.82, 2.24) is 40.4 Å².